The van der Waals surface area contributed by atoms with Crippen LogP contribution < -0.4 is 10.1 Å². The van der Waals surface area contributed by atoms with Gasteiger partial charge in [0.25, 0.3) is 5.79 Å². The Morgan fingerprint density at radius 3 is 1.32 bits per heavy atom. The lowest BCUT2D eigenvalue weighted by Crippen LogP contribution is -3.02. The van der Waals surface area contributed by atoms with Crippen LogP contribution in [-0.2, 0) is 77.6 Å². The second-order valence-corrected chi connectivity index (χ2v) is 40.9. The highest BCUT2D eigenvalue weighted by Gasteiger charge is 3.03. The lowest BCUT2D eigenvalue weighted by atomic mass is 9.34. The Kier molecular flexibility index (Phi) is 28.5. The zero-order valence-corrected chi connectivity index (χ0v) is 84.2. The van der Waals surface area contributed by atoms with Gasteiger partial charge < -0.3 is 33.5 Å². The van der Waals surface area contributed by atoms with E-state index in [0.717, 1.165) is 0 Å². The molecule has 14 aromatic carbocycles. The molecular weight excluding hydrogens is 1910 g/mol. The summed E-state index contributed by atoms with van der Waals surface area (Å²) in [7, 11) is 2.75. The number of para-hydroxylation sites is 1. The van der Waals surface area contributed by atoms with Crippen molar-refractivity contribution >= 4 is 61.8 Å². The van der Waals surface area contributed by atoms with E-state index in [1.54, 1.807) is 199 Å². The standard InChI is InChI=1S/C122H112BrCl2F4N3O7S2/c1-9-83-137-120(133)111(94-60-29-14-30-61-94,95-62-31-15-32-63-95)119(122(127,128)129,136-85-84-134-7)115(99-70-39-19-40-71-99,121(135-8,138-102-76-45-22-46-77-102)112(120,96-64-33-16-34-65-96)97-66-35-17-36-67-97)132-109(6,91-54-23-11-24-55-91)113(106-81-51-86-140-106,105-80-50-47-53-90(105)5)139-117(130-10-2,107-82-52-87-141-107)118(132,101-74-43-21-44-75-101)131(108(104-79-49-48-78-103(104)89(3)4)114(123,125)98-68-37-18-38-69-98)116(126,100-72-41-20-42-73-100)110(88-124,92-56-25-12-26-57-92)93-58-27-13-28-59-93/h9,11-82,86-87,89,108,130,133H,1,10,83-85,88H2,2-8H3. The van der Waals surface area contributed by atoms with Crippen molar-refractivity contribution in [2.45, 2.75) is 124 Å². The van der Waals surface area contributed by atoms with Crippen LogP contribution in [-0.4, -0.2) is 84.7 Å². The number of methoxy groups -OCH3 is 2. The van der Waals surface area contributed by atoms with Crippen LogP contribution in [0.1, 0.15) is 133 Å². The number of aliphatic hydroxyl groups is 1. The highest BCUT2D eigenvalue weighted by Crippen LogP contribution is 2.85. The minimum Gasteiger partial charge on any atom is -0.458 e. The summed E-state index contributed by atoms with van der Waals surface area (Å²) < 4.78 is 149. The monoisotopic (exact) mass is 2020 g/mol. The van der Waals surface area contributed by atoms with E-state index in [9.17, 15) is 21.1 Å². The Hall–Kier alpha value is -11.6. The van der Waals surface area contributed by atoms with Crippen molar-refractivity contribution in [3.05, 3.63) is 553 Å². The third-order valence-electron chi connectivity index (χ3n) is 29.3. The van der Waals surface area contributed by atoms with Crippen LogP contribution in [0.4, 0.5) is 17.6 Å². The predicted octanol–water partition coefficient (Wildman–Crippen LogP) is 28.8. The molecule has 1 saturated carbocycles. The van der Waals surface area contributed by atoms with Gasteiger partial charge in [-0.1, -0.05) is 467 Å². The molecule has 10 nitrogen and oxygen atoms in total. The Balaban J connectivity index is 1.37. The van der Waals surface area contributed by atoms with Gasteiger partial charge in [-0.05, 0) is 139 Å². The van der Waals surface area contributed by atoms with Gasteiger partial charge in [0.1, 0.15) is 20.4 Å². The molecule has 16 aromatic rings. The molecule has 2 aliphatic rings. The van der Waals surface area contributed by atoms with E-state index >= 15 is 22.7 Å². The molecule has 19 heteroatoms. The number of benzene rings is 14. The van der Waals surface area contributed by atoms with Crippen molar-refractivity contribution in [2.75, 3.05) is 46.5 Å². The molecule has 718 valence electrons. The molecule has 2 N–H and O–H groups in total. The number of aryl methyl sites for hydroxylation is 1. The van der Waals surface area contributed by atoms with Crippen molar-refractivity contribution in [3.63, 3.8) is 0 Å². The normalized spacial score (nSPS) is 23.5. The first-order valence-electron chi connectivity index (χ1n) is 47.5. The molecule has 0 radical (unpaired) electrons. The summed E-state index contributed by atoms with van der Waals surface area (Å²) in [5.74, 6) is -12.5. The number of nitrogens with zero attached hydrogens (tertiary/aromatic N) is 2. The Labute approximate surface area is 850 Å². The van der Waals surface area contributed by atoms with E-state index < -0.39 is 115 Å². The number of hydrogen-bond acceptors (Lipinski definition) is 12. The van der Waals surface area contributed by atoms with Crippen LogP contribution in [0.5, 0.6) is 5.75 Å². The van der Waals surface area contributed by atoms with Gasteiger partial charge in [-0.2, -0.15) is 13.2 Å². The van der Waals surface area contributed by atoms with Gasteiger partial charge in [0.2, 0.25) is 17.2 Å². The quantitative estimate of drug-likeness (QED) is 0.00999. The zero-order chi connectivity index (χ0) is 98.6. The molecule has 11 atom stereocenters. The molecule has 0 amide bonds. The molecule has 0 bridgehead atoms. The van der Waals surface area contributed by atoms with Crippen molar-refractivity contribution in [1.29, 1.82) is 0 Å². The molecule has 1 aliphatic carbocycles. The molecule has 18 rings (SSSR count). The maximum absolute atomic E-state index is 27.9. The molecule has 2 aromatic heterocycles. The van der Waals surface area contributed by atoms with Crippen LogP contribution in [0.2, 0.25) is 0 Å². The highest BCUT2D eigenvalue weighted by molar-refractivity contribution is 9.10. The second-order valence-electron chi connectivity index (χ2n) is 36.4. The molecule has 1 aliphatic heterocycles. The molecule has 141 heavy (non-hydrogen) atoms. The van der Waals surface area contributed by atoms with Gasteiger partial charge in [-0.15, -0.1) is 40.9 Å². The van der Waals surface area contributed by atoms with Gasteiger partial charge in [-0.3, -0.25) is 5.32 Å². The second kappa shape index (κ2) is 40.3. The number of likely N-dealkylation sites (N-methyl/N-ethyl adjacent to an activating group) is 1. The number of halogens is 7. The SMILES string of the molecule is C=CCOC1(O)C(c2ccccc2)(c2ccccc2)C(OC)(Oc2ccccc2)C(c2ccccc2)(N2C(C)(c3ccccc3)C(c3cccs3)(c3ccccc3C)OC(NCC)(c3cccs3)C2(c2ccccc2)N(C(c2ccccc2C(C)C)C(Cl)(Br)c2ccccc2)C(F)(c2ccccc2)C(CCl)(c2ccccc2)c2ccccc2)C(OCCOC)(C(F)(F)F)C1(c1ccccc1)c1ccccc1. The van der Waals surface area contributed by atoms with E-state index in [1.807, 2.05) is 279 Å². The summed E-state index contributed by atoms with van der Waals surface area (Å²) in [6.07, 6.45) is -4.83. The van der Waals surface area contributed by atoms with Crippen molar-refractivity contribution < 1.29 is 51.1 Å². The fraction of sp³-hybridized carbons (Fsp3) is 0.230. The lowest BCUT2D eigenvalue weighted by molar-refractivity contribution is -0.527. The molecule has 2 fully saturated rings. The number of alkyl halides is 7. The number of hydrogen-bond donors (Lipinski definition) is 2. The number of morpholine rings is 1. The fourth-order valence-electron chi connectivity index (χ4n) is 24.4. The van der Waals surface area contributed by atoms with Crippen molar-refractivity contribution in [3.8, 4) is 5.75 Å². The van der Waals surface area contributed by atoms with E-state index in [-0.39, 0.29) is 61.7 Å². The minimum absolute atomic E-state index is 0.0282. The predicted molar refractivity (Wildman–Crippen MR) is 562 cm³/mol. The van der Waals surface area contributed by atoms with Crippen molar-refractivity contribution in [1.82, 2.24) is 15.1 Å². The summed E-state index contributed by atoms with van der Waals surface area (Å²) in [5.41, 5.74) is -27.1. The number of nitrogens with one attached hydrogen (secondary N) is 1. The smallest absolute Gasteiger partial charge is 0.421 e. The summed E-state index contributed by atoms with van der Waals surface area (Å²) in [6.45, 7) is 11.9. The van der Waals surface area contributed by atoms with Gasteiger partial charge in [0, 0.05) is 30.5 Å². The van der Waals surface area contributed by atoms with Gasteiger partial charge in [0.15, 0.2) is 22.5 Å². The van der Waals surface area contributed by atoms with Gasteiger partial charge >= 0.3 is 6.18 Å². The number of ether oxygens (including phenoxy) is 6. The first-order valence-corrected chi connectivity index (χ1v) is 51.0. The molecule has 1 saturated heterocycles. The highest BCUT2D eigenvalue weighted by atomic mass is 79.9. The third kappa shape index (κ3) is 14.6. The summed E-state index contributed by atoms with van der Waals surface area (Å²) in [6, 6.07) is 129. The first-order chi connectivity index (χ1) is 68.5. The van der Waals surface area contributed by atoms with E-state index in [0.29, 0.717) is 43.8 Å². The third-order valence-corrected chi connectivity index (χ3v) is 33.0. The molecule has 0 spiro atoms. The Bertz CT molecular complexity index is 6710. The van der Waals surface area contributed by atoms with Gasteiger partial charge in [-0.25, -0.2) is 14.2 Å². The largest absolute Gasteiger partial charge is 0.458 e. The lowest BCUT2D eigenvalue weighted by Gasteiger charge is -2.84. The fourth-order valence-corrected chi connectivity index (χ4v) is 27.8. The molecule has 11 unspecified atom stereocenters. The topological polar surface area (TPSA) is 94.1 Å². The van der Waals surface area contributed by atoms with Crippen LogP contribution in [0, 0.1) is 6.92 Å². The average Bonchev–Trinajstić information content (AvgIpc) is 0.621. The van der Waals surface area contributed by atoms with Gasteiger partial charge in [0.05, 0.1) is 41.7 Å². The van der Waals surface area contributed by atoms with E-state index in [4.69, 9.17) is 30.5 Å². The number of rotatable bonds is 35. The minimum atomic E-state index is -6.24. The number of thiophene rings is 2. The first kappa shape index (κ1) is 99.6. The average molecular weight is 2020 g/mol. The van der Waals surface area contributed by atoms with Crippen LogP contribution in [0.3, 0.4) is 0 Å². The maximum Gasteiger partial charge on any atom is 0.421 e. The summed E-state index contributed by atoms with van der Waals surface area (Å²) in [4.78, 5) is 4.44. The van der Waals surface area contributed by atoms with Crippen molar-refractivity contribution in [2.24, 2.45) is 0 Å². The summed E-state index contributed by atoms with van der Waals surface area (Å²) >= 11 is 26.0. The van der Waals surface area contributed by atoms with Crippen LogP contribution >= 0.6 is 61.8 Å². The molecule has 3 heterocycles. The van der Waals surface area contributed by atoms with E-state index in [1.165, 1.54) is 43.0 Å². The van der Waals surface area contributed by atoms with Crippen LogP contribution in [0.25, 0.3) is 0 Å². The Morgan fingerprint density at radius 1 is 0.489 bits per heavy atom. The molecular formula is C122H112BrCl2F4N3O7S2. The van der Waals surface area contributed by atoms with Crippen LogP contribution in [0.15, 0.2) is 460 Å². The zero-order valence-electron chi connectivity index (χ0n) is 79.5. The van der Waals surface area contributed by atoms with E-state index in [2.05, 4.69) is 41.7 Å². The Morgan fingerprint density at radius 2 is 0.894 bits per heavy atom. The summed E-state index contributed by atoms with van der Waals surface area (Å²) in [5, 5.41) is 26.5. The maximum atomic E-state index is 27.9.